The number of aromatic nitrogens is 2. The first-order valence-corrected chi connectivity index (χ1v) is 24.0. The van der Waals surface area contributed by atoms with Crippen LogP contribution in [0.2, 0.25) is 0 Å². The maximum atomic E-state index is 13.0. The summed E-state index contributed by atoms with van der Waals surface area (Å²) in [5, 5.41) is 13.7. The fraction of sp³-hybridized carbons (Fsp3) is 0.263. The van der Waals surface area contributed by atoms with Gasteiger partial charge in [0.05, 0.1) is 42.5 Å². The van der Waals surface area contributed by atoms with Crippen LogP contribution < -0.4 is 10.6 Å². The largest absolute Gasteiger partial charge is 0.481 e. The molecule has 6 rings (SSSR count). The van der Waals surface area contributed by atoms with Crippen molar-refractivity contribution in [1.82, 2.24) is 20.6 Å². The number of carbonyl (C=O) groups is 4. The van der Waals surface area contributed by atoms with E-state index >= 15 is 0 Å². The molecule has 0 saturated carbocycles. The molecule has 2 amide bonds. The minimum atomic E-state index is -4.47. The summed E-state index contributed by atoms with van der Waals surface area (Å²) in [6.07, 6.45) is -11.1. The Labute approximate surface area is 445 Å². The number of aliphatic carboxylic acids is 1. The molecule has 2 unspecified atom stereocenters. The van der Waals surface area contributed by atoms with Gasteiger partial charge in [-0.05, 0) is 95.8 Å². The third-order valence-electron chi connectivity index (χ3n) is 11.8. The van der Waals surface area contributed by atoms with Crippen LogP contribution in [-0.2, 0) is 26.7 Å². The Morgan fingerprint density at radius 2 is 0.886 bits per heavy atom. The van der Waals surface area contributed by atoms with E-state index in [9.17, 15) is 71.9 Å². The van der Waals surface area contributed by atoms with E-state index < -0.39 is 78.4 Å². The minimum absolute atomic E-state index is 0.0254. The van der Waals surface area contributed by atoms with Crippen LogP contribution in [-0.4, -0.2) is 71.4 Å². The van der Waals surface area contributed by atoms with Gasteiger partial charge in [0.25, 0.3) is 11.8 Å². The summed E-state index contributed by atoms with van der Waals surface area (Å²) in [6.45, 7) is 0.0855. The Morgan fingerprint density at radius 3 is 1.19 bits per heavy atom. The molecular weight excluding hydrogens is 1060 g/mol. The minimum Gasteiger partial charge on any atom is -0.481 e. The first-order valence-electron chi connectivity index (χ1n) is 24.0. The molecule has 3 N–H and O–H groups in total. The van der Waals surface area contributed by atoms with E-state index in [1.54, 1.807) is 85.0 Å². The van der Waals surface area contributed by atoms with Crippen molar-refractivity contribution in [3.63, 3.8) is 0 Å². The van der Waals surface area contributed by atoms with Gasteiger partial charge in [-0.1, -0.05) is 85.0 Å². The van der Waals surface area contributed by atoms with E-state index in [2.05, 4.69) is 25.3 Å². The van der Waals surface area contributed by atoms with Gasteiger partial charge in [-0.2, -0.15) is 52.7 Å². The number of carboxylic acids is 1. The molecular formula is C57H50F12N4O6. The first-order chi connectivity index (χ1) is 37.2. The molecule has 22 heteroatoms. The van der Waals surface area contributed by atoms with Crippen LogP contribution in [0.5, 0.6) is 0 Å². The normalized spacial score (nSPS) is 12.8. The van der Waals surface area contributed by atoms with Gasteiger partial charge in [0.15, 0.2) is 0 Å². The molecule has 2 heterocycles. The topological polar surface area (TPSA) is 148 Å². The zero-order chi connectivity index (χ0) is 58.0. The number of ether oxygens (including phenoxy) is 1. The molecule has 0 radical (unpaired) electrons. The number of carbonyl (C=O) groups excluding carboxylic acids is 3. The van der Waals surface area contributed by atoms with Crippen LogP contribution in [0.15, 0.2) is 146 Å². The van der Waals surface area contributed by atoms with Crippen LogP contribution in [0.1, 0.15) is 104 Å². The molecule has 2 atom stereocenters. The van der Waals surface area contributed by atoms with Crippen molar-refractivity contribution in [1.29, 1.82) is 0 Å². The van der Waals surface area contributed by atoms with E-state index in [-0.39, 0.29) is 44.7 Å². The van der Waals surface area contributed by atoms with Crippen LogP contribution in [0, 0.1) is 0 Å². The number of rotatable bonds is 20. The Hall–Kier alpha value is -8.30. The number of hydrogen-bond acceptors (Lipinski definition) is 7. The molecule has 6 aromatic rings. The molecule has 2 aromatic heterocycles. The molecule has 79 heavy (non-hydrogen) atoms. The average Bonchev–Trinajstić information content (AvgIpc) is 3.41. The number of esters is 1. The lowest BCUT2D eigenvalue weighted by molar-refractivity contribution is -0.140. The second-order valence-corrected chi connectivity index (χ2v) is 17.6. The van der Waals surface area contributed by atoms with Gasteiger partial charge in [-0.25, -0.2) is 0 Å². The summed E-state index contributed by atoms with van der Waals surface area (Å²) in [4.78, 5) is 54.5. The molecule has 0 aliphatic rings. The second kappa shape index (κ2) is 27.8. The van der Waals surface area contributed by atoms with Crippen molar-refractivity contribution in [2.75, 3.05) is 20.2 Å². The monoisotopic (exact) mass is 1110 g/mol. The predicted molar refractivity (Wildman–Crippen MR) is 270 cm³/mol. The Balaban J connectivity index is 0.000000291. The average molecular weight is 1120 g/mol. The summed E-state index contributed by atoms with van der Waals surface area (Å²) in [6, 6.07) is 27.8. The third kappa shape index (κ3) is 20.9. The second-order valence-electron chi connectivity index (χ2n) is 17.6. The number of hydrogen-bond donors (Lipinski definition) is 3. The first kappa shape index (κ1) is 61.6. The number of benzene rings is 4. The van der Waals surface area contributed by atoms with Gasteiger partial charge in [-0.3, -0.25) is 29.1 Å². The molecule has 10 nitrogen and oxygen atoms in total. The lowest BCUT2D eigenvalue weighted by Gasteiger charge is -2.15. The maximum absolute atomic E-state index is 13.0. The lowest BCUT2D eigenvalue weighted by atomic mass is 9.93. The number of pyridine rings is 2. The molecule has 0 saturated heterocycles. The van der Waals surface area contributed by atoms with Gasteiger partial charge in [0.2, 0.25) is 0 Å². The van der Waals surface area contributed by atoms with Crippen LogP contribution >= 0.6 is 0 Å². The zero-order valence-corrected chi connectivity index (χ0v) is 41.7. The number of nitrogens with one attached hydrogen (secondary N) is 2. The van der Waals surface area contributed by atoms with Gasteiger partial charge in [-0.15, -0.1) is 0 Å². The Morgan fingerprint density at radius 1 is 0.519 bits per heavy atom. The highest BCUT2D eigenvalue weighted by molar-refractivity contribution is 5.95. The molecule has 0 aliphatic heterocycles. The Bertz CT molecular complexity index is 2990. The van der Waals surface area contributed by atoms with Crippen molar-refractivity contribution in [3.8, 4) is 22.5 Å². The third-order valence-corrected chi connectivity index (χ3v) is 11.8. The van der Waals surface area contributed by atoms with Crippen LogP contribution in [0.4, 0.5) is 52.7 Å². The van der Waals surface area contributed by atoms with E-state index in [1.807, 2.05) is 0 Å². The molecule has 418 valence electrons. The van der Waals surface area contributed by atoms with Gasteiger partial charge in [0.1, 0.15) is 0 Å². The number of methoxy groups -OCH3 is 1. The van der Waals surface area contributed by atoms with Crippen molar-refractivity contribution in [2.24, 2.45) is 0 Å². The lowest BCUT2D eigenvalue weighted by Crippen LogP contribution is -2.26. The van der Waals surface area contributed by atoms with Crippen molar-refractivity contribution < 1.29 is 81.7 Å². The van der Waals surface area contributed by atoms with Gasteiger partial charge >= 0.3 is 36.6 Å². The van der Waals surface area contributed by atoms with E-state index in [0.717, 1.165) is 24.3 Å². The summed E-state index contributed by atoms with van der Waals surface area (Å²) in [5.74, 6) is -3.63. The predicted octanol–water partition coefficient (Wildman–Crippen LogP) is 14.3. The van der Waals surface area contributed by atoms with E-state index in [0.29, 0.717) is 55.9 Å². The number of allylic oxidation sites excluding steroid dienone is 2. The highest BCUT2D eigenvalue weighted by atomic mass is 19.4. The smallest absolute Gasteiger partial charge is 0.416 e. The quantitative estimate of drug-likeness (QED) is 0.0506. The number of amides is 2. The number of carboxylic acid groups (broad SMARTS) is 1. The van der Waals surface area contributed by atoms with E-state index in [4.69, 9.17) is 5.11 Å². The number of alkyl halides is 12. The molecule has 0 aliphatic carbocycles. The van der Waals surface area contributed by atoms with Crippen molar-refractivity contribution >= 4 is 35.9 Å². The van der Waals surface area contributed by atoms with Crippen LogP contribution in [0.25, 0.3) is 34.7 Å². The summed E-state index contributed by atoms with van der Waals surface area (Å²) in [5.41, 5.74) is 2.98. The maximum Gasteiger partial charge on any atom is 0.416 e. The van der Waals surface area contributed by atoms with Gasteiger partial charge in [0, 0.05) is 72.4 Å². The van der Waals surface area contributed by atoms with E-state index in [1.165, 1.54) is 55.9 Å². The number of halogens is 12. The standard InChI is InChI=1S/C29H26F6N2O3.C28H24F6N2O3/c1-40-26(38)15-17-36-27(39)22-6-3-19(4-7-22)2-5-20(14-16-28(30,31)32)23-10-13-25(37-18-23)21-8-11-24(12-9-21)29(33,34)35;29-27(30,31)15-13-19(4-1-18-2-5-21(6-3-18)26(39)35-16-14-25(37)38)22-9-12-24(36-17-22)20-7-10-23(11-8-20)28(32,33)34/h2-13,18,20H,14-17H2,1H3,(H,36,39);1-12,17,19H,13-16H2,(H,35,39)(H,37,38)/b5-2+;4-1+. The van der Waals surface area contributed by atoms with Crippen LogP contribution in [0.3, 0.4) is 0 Å². The summed E-state index contributed by atoms with van der Waals surface area (Å²) in [7, 11) is 1.25. The SMILES string of the molecule is COC(=O)CCNC(=O)c1ccc(/C=C/C(CCC(F)(F)F)c2ccc(-c3ccc(C(F)(F)F)cc3)nc2)cc1.O=C(O)CCNC(=O)c1ccc(/C=C/C(CCC(F)(F)F)c2ccc(-c3ccc(C(F)(F)F)cc3)nc2)cc1. The Kier molecular flexibility index (Phi) is 21.7. The van der Waals surface area contributed by atoms with Crippen molar-refractivity contribution in [2.45, 2.75) is 75.1 Å². The van der Waals surface area contributed by atoms with Crippen molar-refractivity contribution in [3.05, 3.63) is 190 Å². The summed E-state index contributed by atoms with van der Waals surface area (Å²) >= 11 is 0. The number of nitrogens with zero attached hydrogens (tertiary/aromatic N) is 2. The molecule has 0 fully saturated rings. The zero-order valence-electron chi connectivity index (χ0n) is 41.7. The fourth-order valence-corrected chi connectivity index (χ4v) is 7.45. The molecule has 4 aromatic carbocycles. The highest BCUT2D eigenvalue weighted by Gasteiger charge is 2.32. The molecule has 0 spiro atoms. The molecule has 0 bridgehead atoms. The summed E-state index contributed by atoms with van der Waals surface area (Å²) < 4.78 is 159. The highest BCUT2D eigenvalue weighted by Crippen LogP contribution is 2.35. The van der Waals surface area contributed by atoms with Gasteiger partial charge < -0.3 is 20.5 Å². The fourth-order valence-electron chi connectivity index (χ4n) is 7.45.